The van der Waals surface area contributed by atoms with Crippen molar-refractivity contribution in [3.8, 4) is 0 Å². The molecule has 1 atom stereocenters. The lowest BCUT2D eigenvalue weighted by Gasteiger charge is -2.23. The summed E-state index contributed by atoms with van der Waals surface area (Å²) in [6, 6.07) is -0.221. The van der Waals surface area contributed by atoms with Crippen LogP contribution in [0, 0.1) is 11.8 Å². The molecule has 4 nitrogen and oxygen atoms in total. The van der Waals surface area contributed by atoms with E-state index in [1.165, 1.54) is 0 Å². The van der Waals surface area contributed by atoms with E-state index in [2.05, 4.69) is 16.6 Å². The molecule has 0 aliphatic heterocycles. The minimum atomic E-state index is -0.221. The van der Waals surface area contributed by atoms with Crippen molar-refractivity contribution in [1.29, 1.82) is 0 Å². The molecule has 0 saturated carbocycles. The van der Waals surface area contributed by atoms with E-state index in [0.29, 0.717) is 5.89 Å². The largest absolute Gasteiger partial charge is 0.415 e. The number of rotatable bonds is 1. The molecule has 0 amide bonds. The molecule has 0 bridgehead atoms. The van der Waals surface area contributed by atoms with Crippen molar-refractivity contribution in [3.63, 3.8) is 0 Å². The van der Waals surface area contributed by atoms with Gasteiger partial charge in [0, 0.05) is 0 Å². The normalized spacial score (nSPS) is 14.9. The fourth-order valence-electron chi connectivity index (χ4n) is 0.653. The standard InChI is InChI=1S/C7H12N3O/c1-7(2,3)5(8)6-10-9-4-11-6/h5H,8H2,1-3H3/t5-/m1/s1. The molecule has 2 N–H and O–H groups in total. The Balaban J connectivity index is 2.78. The van der Waals surface area contributed by atoms with Crippen LogP contribution in [0.3, 0.4) is 0 Å². The van der Waals surface area contributed by atoms with Gasteiger partial charge in [0.25, 0.3) is 0 Å². The highest BCUT2D eigenvalue weighted by Gasteiger charge is 2.26. The first-order chi connectivity index (χ1) is 5.02. The molecule has 0 unspecified atom stereocenters. The van der Waals surface area contributed by atoms with Gasteiger partial charge in [-0.3, -0.25) is 0 Å². The summed E-state index contributed by atoms with van der Waals surface area (Å²) in [4.78, 5) is 0. The van der Waals surface area contributed by atoms with E-state index >= 15 is 0 Å². The third-order valence-electron chi connectivity index (χ3n) is 1.54. The molecule has 0 aliphatic carbocycles. The van der Waals surface area contributed by atoms with Crippen LogP contribution >= 0.6 is 0 Å². The molecular formula is C7H12N3O. The molecule has 1 rings (SSSR count). The summed E-state index contributed by atoms with van der Waals surface area (Å²) >= 11 is 0. The Morgan fingerprint density at radius 3 is 2.55 bits per heavy atom. The molecule has 1 radical (unpaired) electrons. The molecule has 0 saturated heterocycles. The van der Waals surface area contributed by atoms with Crippen molar-refractivity contribution in [3.05, 3.63) is 12.3 Å². The van der Waals surface area contributed by atoms with Crippen molar-refractivity contribution in [2.75, 3.05) is 0 Å². The van der Waals surface area contributed by atoms with Crippen molar-refractivity contribution in [2.45, 2.75) is 26.8 Å². The summed E-state index contributed by atoms with van der Waals surface area (Å²) in [5.41, 5.74) is 5.75. The zero-order valence-corrected chi connectivity index (χ0v) is 6.96. The first-order valence-electron chi connectivity index (χ1n) is 3.47. The van der Waals surface area contributed by atoms with Crippen LogP contribution in [0.5, 0.6) is 0 Å². The van der Waals surface area contributed by atoms with Crippen molar-refractivity contribution < 1.29 is 4.42 Å². The summed E-state index contributed by atoms with van der Waals surface area (Å²) in [5, 5.41) is 7.12. The second kappa shape index (κ2) is 2.62. The minimum Gasteiger partial charge on any atom is -0.415 e. The van der Waals surface area contributed by atoms with E-state index < -0.39 is 0 Å². The zero-order valence-electron chi connectivity index (χ0n) is 6.96. The first-order valence-corrected chi connectivity index (χ1v) is 3.47. The van der Waals surface area contributed by atoms with Crippen LogP contribution in [-0.2, 0) is 0 Å². The molecule has 4 heteroatoms. The Labute approximate surface area is 65.8 Å². The van der Waals surface area contributed by atoms with Crippen molar-refractivity contribution in [2.24, 2.45) is 11.1 Å². The lowest BCUT2D eigenvalue weighted by atomic mass is 9.87. The second-order valence-corrected chi connectivity index (χ2v) is 3.58. The van der Waals surface area contributed by atoms with Gasteiger partial charge in [0.05, 0.1) is 6.04 Å². The summed E-state index contributed by atoms with van der Waals surface area (Å²) in [5.74, 6) is 0.442. The van der Waals surface area contributed by atoms with Gasteiger partial charge in [-0.25, -0.2) is 0 Å². The summed E-state index contributed by atoms with van der Waals surface area (Å²) < 4.78 is 4.85. The van der Waals surface area contributed by atoms with Gasteiger partial charge in [0.1, 0.15) is 0 Å². The number of nitrogens with zero attached hydrogens (tertiary/aromatic N) is 2. The van der Waals surface area contributed by atoms with E-state index in [1.807, 2.05) is 20.8 Å². The van der Waals surface area contributed by atoms with Crippen LogP contribution < -0.4 is 5.73 Å². The van der Waals surface area contributed by atoms with Crippen LogP contribution in [0.4, 0.5) is 0 Å². The third-order valence-corrected chi connectivity index (χ3v) is 1.54. The third kappa shape index (κ3) is 1.77. The highest BCUT2D eigenvalue weighted by atomic mass is 16.4. The van der Waals surface area contributed by atoms with Gasteiger partial charge in [-0.1, -0.05) is 20.8 Å². The van der Waals surface area contributed by atoms with E-state index in [4.69, 9.17) is 10.2 Å². The topological polar surface area (TPSA) is 64.9 Å². The molecule has 61 valence electrons. The summed E-state index contributed by atoms with van der Waals surface area (Å²) in [6.07, 6.45) is 2.27. The Morgan fingerprint density at radius 2 is 2.18 bits per heavy atom. The predicted molar refractivity (Wildman–Crippen MR) is 39.5 cm³/mol. The number of aromatic nitrogens is 2. The Hall–Kier alpha value is -0.900. The Morgan fingerprint density at radius 1 is 1.55 bits per heavy atom. The quantitative estimate of drug-likeness (QED) is 0.653. The van der Waals surface area contributed by atoms with Gasteiger partial charge >= 0.3 is 6.39 Å². The number of nitrogens with two attached hydrogens (primary N) is 1. The van der Waals surface area contributed by atoms with Crippen LogP contribution in [0.1, 0.15) is 32.7 Å². The second-order valence-electron chi connectivity index (χ2n) is 3.58. The lowest BCUT2D eigenvalue weighted by Crippen LogP contribution is -2.26. The van der Waals surface area contributed by atoms with Gasteiger partial charge in [0.15, 0.2) is 0 Å². The van der Waals surface area contributed by atoms with Crippen molar-refractivity contribution in [1.82, 2.24) is 10.2 Å². The minimum absolute atomic E-state index is 0.0552. The van der Waals surface area contributed by atoms with Crippen LogP contribution in [0.15, 0.2) is 4.42 Å². The fourth-order valence-corrected chi connectivity index (χ4v) is 0.653. The number of hydrogen-bond donors (Lipinski definition) is 1. The monoisotopic (exact) mass is 154 g/mol. The van der Waals surface area contributed by atoms with Crippen LogP contribution in [0.25, 0.3) is 0 Å². The van der Waals surface area contributed by atoms with Crippen LogP contribution in [-0.4, -0.2) is 10.2 Å². The molecule has 1 heterocycles. The average Bonchev–Trinajstić information content (AvgIpc) is 2.34. The smallest absolute Gasteiger partial charge is 0.305 e. The predicted octanol–water partition coefficient (Wildman–Crippen LogP) is 0.916. The maximum Gasteiger partial charge on any atom is 0.305 e. The maximum absolute atomic E-state index is 5.80. The van der Waals surface area contributed by atoms with Gasteiger partial charge in [0.2, 0.25) is 5.89 Å². The highest BCUT2D eigenvalue weighted by molar-refractivity contribution is 4.91. The zero-order chi connectivity index (χ0) is 8.48. The highest BCUT2D eigenvalue weighted by Crippen LogP contribution is 2.28. The SMILES string of the molecule is CC(C)(C)[C@H](N)c1nn[c]o1. The van der Waals surface area contributed by atoms with E-state index in [1.54, 1.807) is 0 Å². The Kier molecular flexibility index (Phi) is 1.95. The number of hydrogen-bond acceptors (Lipinski definition) is 4. The average molecular weight is 154 g/mol. The Bertz CT molecular complexity index is 212. The van der Waals surface area contributed by atoms with E-state index in [9.17, 15) is 0 Å². The lowest BCUT2D eigenvalue weighted by molar-refractivity contribution is 0.276. The van der Waals surface area contributed by atoms with E-state index in [0.717, 1.165) is 0 Å². The van der Waals surface area contributed by atoms with Gasteiger partial charge in [-0.15, -0.1) is 10.2 Å². The molecule has 1 aromatic rings. The molecule has 0 spiro atoms. The van der Waals surface area contributed by atoms with Gasteiger partial charge < -0.3 is 10.2 Å². The van der Waals surface area contributed by atoms with Crippen LogP contribution in [0.2, 0.25) is 0 Å². The molecule has 0 aliphatic rings. The molecule has 0 fully saturated rings. The molecule has 1 aromatic heterocycles. The molecular weight excluding hydrogens is 142 g/mol. The van der Waals surface area contributed by atoms with Crippen molar-refractivity contribution >= 4 is 0 Å². The fraction of sp³-hybridized carbons (Fsp3) is 0.714. The van der Waals surface area contributed by atoms with Gasteiger partial charge in [-0.2, -0.15) is 0 Å². The van der Waals surface area contributed by atoms with E-state index in [-0.39, 0.29) is 11.5 Å². The molecule has 0 aromatic carbocycles. The summed E-state index contributed by atoms with van der Waals surface area (Å²) in [7, 11) is 0. The molecule has 11 heavy (non-hydrogen) atoms. The first kappa shape index (κ1) is 8.20. The maximum atomic E-state index is 5.80. The summed E-state index contributed by atoms with van der Waals surface area (Å²) in [6.45, 7) is 6.05. The van der Waals surface area contributed by atoms with Gasteiger partial charge in [-0.05, 0) is 5.41 Å².